The smallest absolute Gasteiger partial charge is 0.144 e. The zero-order chi connectivity index (χ0) is 13.1. The van der Waals surface area contributed by atoms with Crippen LogP contribution in [0.25, 0.3) is 10.8 Å². The maximum atomic E-state index is 5.58. The minimum atomic E-state index is -0.101. The van der Waals surface area contributed by atoms with Crippen LogP contribution in [-0.2, 0) is 9.78 Å². The van der Waals surface area contributed by atoms with Gasteiger partial charge in [-0.25, -0.2) is 9.78 Å². The highest BCUT2D eigenvalue weighted by Gasteiger charge is 2.40. The Balaban J connectivity index is 1.85. The first-order chi connectivity index (χ1) is 9.92. The van der Waals surface area contributed by atoms with Crippen LogP contribution in [0.3, 0.4) is 0 Å². The maximum absolute atomic E-state index is 5.58. The number of fused-ring (bicyclic) bond motifs is 2. The van der Waals surface area contributed by atoms with E-state index in [4.69, 9.17) is 9.78 Å². The van der Waals surface area contributed by atoms with E-state index in [0.29, 0.717) is 0 Å². The first-order valence-electron chi connectivity index (χ1n) is 6.85. The molecule has 20 heavy (non-hydrogen) atoms. The lowest BCUT2D eigenvalue weighted by molar-refractivity contribution is -0.360. The molecule has 0 saturated heterocycles. The lowest BCUT2D eigenvalue weighted by Crippen LogP contribution is -2.28. The predicted molar refractivity (Wildman–Crippen MR) is 76.2 cm³/mol. The van der Waals surface area contributed by atoms with Gasteiger partial charge >= 0.3 is 0 Å². The van der Waals surface area contributed by atoms with Crippen LogP contribution in [0.15, 0.2) is 60.7 Å². The molecule has 0 N–H and O–H groups in total. The molecule has 2 atom stereocenters. The zero-order valence-corrected chi connectivity index (χ0v) is 10.7. The monoisotopic (exact) mass is 260 g/mol. The van der Waals surface area contributed by atoms with Crippen molar-refractivity contribution in [1.82, 2.24) is 0 Å². The minimum Gasteiger partial charge on any atom is -0.223 e. The fourth-order valence-corrected chi connectivity index (χ4v) is 3.37. The van der Waals surface area contributed by atoms with Crippen molar-refractivity contribution in [3.05, 3.63) is 82.9 Å². The van der Waals surface area contributed by atoms with Gasteiger partial charge in [-0.3, -0.25) is 0 Å². The summed E-state index contributed by atoms with van der Waals surface area (Å²) in [6, 6.07) is 21.3. The van der Waals surface area contributed by atoms with Gasteiger partial charge in [0.05, 0.1) is 0 Å². The number of rotatable bonds is 0. The molecule has 3 aromatic carbocycles. The second kappa shape index (κ2) is 3.69. The fourth-order valence-electron chi connectivity index (χ4n) is 3.37. The zero-order valence-electron chi connectivity index (χ0n) is 10.7. The van der Waals surface area contributed by atoms with Crippen molar-refractivity contribution < 1.29 is 9.78 Å². The Bertz CT molecular complexity index is 768. The molecule has 2 aliphatic heterocycles. The van der Waals surface area contributed by atoms with E-state index in [1.54, 1.807) is 0 Å². The van der Waals surface area contributed by atoms with Gasteiger partial charge < -0.3 is 0 Å². The number of hydrogen-bond donors (Lipinski definition) is 0. The second-order valence-corrected chi connectivity index (χ2v) is 5.41. The summed E-state index contributed by atoms with van der Waals surface area (Å²) >= 11 is 0. The van der Waals surface area contributed by atoms with E-state index >= 15 is 0 Å². The van der Waals surface area contributed by atoms with Crippen LogP contribution in [-0.4, -0.2) is 0 Å². The summed E-state index contributed by atoms with van der Waals surface area (Å²) in [6.45, 7) is 0. The van der Waals surface area contributed by atoms with Gasteiger partial charge in [-0.1, -0.05) is 48.5 Å². The van der Waals surface area contributed by atoms with Crippen molar-refractivity contribution >= 4 is 10.8 Å². The van der Waals surface area contributed by atoms with Crippen LogP contribution >= 0.6 is 0 Å². The Morgan fingerprint density at radius 3 is 1.50 bits per heavy atom. The Morgan fingerprint density at radius 1 is 0.550 bits per heavy atom. The predicted octanol–water partition coefficient (Wildman–Crippen LogP) is 4.29. The molecule has 0 spiro atoms. The molecule has 96 valence electrons. The largest absolute Gasteiger partial charge is 0.223 e. The van der Waals surface area contributed by atoms with E-state index in [1.807, 2.05) is 0 Å². The molecule has 3 aromatic rings. The van der Waals surface area contributed by atoms with Crippen molar-refractivity contribution in [3.8, 4) is 0 Å². The summed E-state index contributed by atoms with van der Waals surface area (Å²) in [4.78, 5) is 11.2. The summed E-state index contributed by atoms with van der Waals surface area (Å²) in [7, 11) is 0. The third-order valence-electron chi connectivity index (χ3n) is 4.33. The molecule has 6 rings (SSSR count). The van der Waals surface area contributed by atoms with Crippen molar-refractivity contribution in [1.29, 1.82) is 0 Å². The van der Waals surface area contributed by atoms with E-state index in [-0.39, 0.29) is 12.2 Å². The molecule has 2 nitrogen and oxygen atoms in total. The molecule has 0 fully saturated rings. The van der Waals surface area contributed by atoms with Crippen molar-refractivity contribution in [2.75, 3.05) is 0 Å². The van der Waals surface area contributed by atoms with Gasteiger partial charge in [0.2, 0.25) is 0 Å². The van der Waals surface area contributed by atoms with Crippen LogP contribution in [0.5, 0.6) is 0 Å². The van der Waals surface area contributed by atoms with Gasteiger partial charge in [-0.15, -0.1) is 0 Å². The normalized spacial score (nSPS) is 22.6. The summed E-state index contributed by atoms with van der Waals surface area (Å²) in [5, 5.41) is 2.50. The van der Waals surface area contributed by atoms with Crippen molar-refractivity contribution in [2.45, 2.75) is 12.2 Å². The average Bonchev–Trinajstić information content (AvgIpc) is 2.53. The molecule has 0 saturated carbocycles. The third-order valence-corrected chi connectivity index (χ3v) is 4.33. The molecule has 0 aromatic heterocycles. The van der Waals surface area contributed by atoms with E-state index < -0.39 is 0 Å². The quantitative estimate of drug-likeness (QED) is 0.561. The topological polar surface area (TPSA) is 18.5 Å². The number of benzene rings is 3. The summed E-state index contributed by atoms with van der Waals surface area (Å²) in [6.07, 6.45) is -0.202. The molecule has 2 heteroatoms. The summed E-state index contributed by atoms with van der Waals surface area (Å²) in [5.41, 5.74) is 4.93. The number of hydrogen-bond acceptors (Lipinski definition) is 2. The van der Waals surface area contributed by atoms with E-state index in [2.05, 4.69) is 60.7 Å². The highest BCUT2D eigenvalue weighted by Crippen LogP contribution is 2.50. The lowest BCUT2D eigenvalue weighted by atomic mass is 9.80. The van der Waals surface area contributed by atoms with Crippen LogP contribution in [0, 0.1) is 0 Å². The summed E-state index contributed by atoms with van der Waals surface area (Å²) < 4.78 is 0. The fraction of sp³-hybridized carbons (Fsp3) is 0.111. The molecular weight excluding hydrogens is 248 g/mol. The van der Waals surface area contributed by atoms with Crippen molar-refractivity contribution in [2.24, 2.45) is 0 Å². The molecule has 0 radical (unpaired) electrons. The molecule has 0 amide bonds. The van der Waals surface area contributed by atoms with Crippen LogP contribution in [0.1, 0.15) is 34.5 Å². The van der Waals surface area contributed by atoms with Gasteiger partial charge in [-0.2, -0.15) is 0 Å². The van der Waals surface area contributed by atoms with Crippen LogP contribution in [0.2, 0.25) is 0 Å². The highest BCUT2D eigenvalue weighted by atomic mass is 17.2. The van der Waals surface area contributed by atoms with Gasteiger partial charge in [0.15, 0.2) is 0 Å². The molecule has 2 unspecified atom stereocenters. The lowest BCUT2D eigenvalue weighted by Gasteiger charge is -2.38. The van der Waals surface area contributed by atoms with Gasteiger partial charge in [-0.05, 0) is 45.2 Å². The second-order valence-electron chi connectivity index (χ2n) is 5.41. The molecule has 3 aliphatic rings. The Morgan fingerprint density at radius 2 is 1.00 bits per heavy atom. The highest BCUT2D eigenvalue weighted by molar-refractivity contribution is 5.85. The van der Waals surface area contributed by atoms with E-state index in [1.165, 1.54) is 33.0 Å². The molecule has 1 aliphatic carbocycles. The standard InChI is InChI=1S/C18H12O2/c1-2-6-12-10-16-15(9-11(12)5-1)17-13-7-3-4-8-14(13)18(16)20-19-17/h1-10,17-18H. The van der Waals surface area contributed by atoms with E-state index in [9.17, 15) is 0 Å². The third kappa shape index (κ3) is 1.25. The van der Waals surface area contributed by atoms with Crippen LogP contribution in [0.4, 0.5) is 0 Å². The molecule has 2 bridgehead atoms. The molecular formula is C18H12O2. The molecule has 2 heterocycles. The van der Waals surface area contributed by atoms with Crippen molar-refractivity contribution in [3.63, 3.8) is 0 Å². The van der Waals surface area contributed by atoms with Gasteiger partial charge in [0.25, 0.3) is 0 Å². The Labute approximate surface area is 116 Å². The first kappa shape index (κ1) is 10.6. The average molecular weight is 260 g/mol. The van der Waals surface area contributed by atoms with Gasteiger partial charge in [0, 0.05) is 0 Å². The SMILES string of the molecule is c1ccc2c(c1)C1OOC2c2cc3ccccc3cc21. The van der Waals surface area contributed by atoms with E-state index in [0.717, 1.165) is 0 Å². The Hall–Kier alpha value is -2.16. The Kier molecular flexibility index (Phi) is 1.96. The van der Waals surface area contributed by atoms with Crippen LogP contribution < -0.4 is 0 Å². The maximum Gasteiger partial charge on any atom is 0.144 e. The van der Waals surface area contributed by atoms with Gasteiger partial charge in [0.1, 0.15) is 12.2 Å². The summed E-state index contributed by atoms with van der Waals surface area (Å²) in [5.74, 6) is 0. The minimum absolute atomic E-state index is 0.101. The first-order valence-corrected chi connectivity index (χ1v) is 6.85.